The van der Waals surface area contributed by atoms with Gasteiger partial charge in [-0.3, -0.25) is 4.74 Å². The zero-order chi connectivity index (χ0) is 32.4. The molecule has 2 aliphatic heterocycles. The van der Waals surface area contributed by atoms with Crippen molar-refractivity contribution in [2.45, 2.75) is 30.9 Å². The number of aliphatic hydroxyl groups is 2. The molecule has 1 fully saturated rings. The Morgan fingerprint density at radius 1 is 0.614 bits per heavy atom. The number of aromatic hydroxyl groups is 9. The lowest BCUT2D eigenvalue weighted by Gasteiger charge is -2.41. The average Bonchev–Trinajstić information content (AvgIpc) is 2.97. The molecule has 2 aliphatic rings. The Labute approximate surface area is 242 Å². The molecule has 0 amide bonds. The van der Waals surface area contributed by atoms with Crippen molar-refractivity contribution in [2.75, 3.05) is 0 Å². The van der Waals surface area contributed by atoms with Crippen LogP contribution in [-0.4, -0.2) is 105 Å². The summed E-state index contributed by atoms with van der Waals surface area (Å²) < 4.78 is 20.5. The summed E-state index contributed by atoms with van der Waals surface area (Å²) >= 11 is 0. The number of ether oxygens (including phenoxy) is 4. The average molecular weight is 620 g/mol. The summed E-state index contributed by atoms with van der Waals surface area (Å²) in [7, 11) is 0. The fourth-order valence-corrected chi connectivity index (χ4v) is 4.49. The van der Waals surface area contributed by atoms with E-state index < -0.39 is 128 Å². The molecule has 0 aliphatic carbocycles. The number of fused-ring (bicyclic) bond motifs is 4. The van der Waals surface area contributed by atoms with Crippen LogP contribution in [0, 0.1) is 0 Å². The molecule has 2 unspecified atom stereocenters. The number of carbonyl (C=O) groups is 3. The molecule has 5 atom stereocenters. The first-order valence-corrected chi connectivity index (χ1v) is 12.1. The minimum atomic E-state index is -2.27. The Bertz CT molecular complexity index is 1710. The Morgan fingerprint density at radius 2 is 1.07 bits per heavy atom. The molecule has 11 N–H and O–H groups in total. The third-order valence-electron chi connectivity index (χ3n) is 6.69. The van der Waals surface area contributed by atoms with Crippen molar-refractivity contribution in [2.24, 2.45) is 0 Å². The van der Waals surface area contributed by atoms with Gasteiger partial charge in [-0.15, -0.1) is 0 Å². The summed E-state index contributed by atoms with van der Waals surface area (Å²) in [4.78, 5) is 39.2. The lowest BCUT2D eigenvalue weighted by atomic mass is 9.91. The van der Waals surface area contributed by atoms with E-state index in [4.69, 9.17) is 18.9 Å². The van der Waals surface area contributed by atoms with Crippen molar-refractivity contribution in [3.63, 3.8) is 0 Å². The largest absolute Gasteiger partial charge is 0.504 e. The van der Waals surface area contributed by atoms with Gasteiger partial charge in [0.2, 0.25) is 24.1 Å². The van der Waals surface area contributed by atoms with E-state index in [2.05, 4.69) is 0 Å². The summed E-state index contributed by atoms with van der Waals surface area (Å²) in [6.45, 7) is 0. The maximum absolute atomic E-state index is 13.3. The van der Waals surface area contributed by atoms with Gasteiger partial charge in [0.05, 0.1) is 16.7 Å². The molecule has 2 heterocycles. The highest BCUT2D eigenvalue weighted by molar-refractivity contribution is 6.08. The maximum atomic E-state index is 13.3. The molecule has 0 aromatic heterocycles. The SMILES string of the molecule is O=C(O[C@@H]1OC2OC(=O)c3cc(O)c(O)c(O)c3-c3c(cc(O)c(O)c3O)C(=O)O[C@H]2C(O)[C@@H]1O)c1cc(O)c(O)c(O)c1. The van der Waals surface area contributed by atoms with Crippen molar-refractivity contribution < 1.29 is 89.5 Å². The van der Waals surface area contributed by atoms with Crippen molar-refractivity contribution in [1.82, 2.24) is 0 Å². The minimum Gasteiger partial charge on any atom is -0.504 e. The molecule has 0 radical (unpaired) electrons. The molecular weight excluding hydrogens is 600 g/mol. The zero-order valence-corrected chi connectivity index (χ0v) is 21.5. The van der Waals surface area contributed by atoms with Gasteiger partial charge in [-0.05, 0) is 24.3 Å². The number of hydrogen-bond acceptors (Lipinski definition) is 18. The first-order valence-electron chi connectivity index (χ1n) is 12.1. The summed E-state index contributed by atoms with van der Waals surface area (Å²) in [5.41, 5.74) is -4.16. The summed E-state index contributed by atoms with van der Waals surface area (Å²) in [5, 5.41) is 112. The van der Waals surface area contributed by atoms with Crippen LogP contribution in [0.1, 0.15) is 31.1 Å². The van der Waals surface area contributed by atoms with Crippen LogP contribution < -0.4 is 0 Å². The Morgan fingerprint density at radius 3 is 1.57 bits per heavy atom. The fourth-order valence-electron chi connectivity index (χ4n) is 4.49. The smallest absolute Gasteiger partial charge is 0.341 e. The maximum Gasteiger partial charge on any atom is 0.341 e. The van der Waals surface area contributed by atoms with Gasteiger partial charge in [0.25, 0.3) is 0 Å². The van der Waals surface area contributed by atoms with Crippen LogP contribution in [0.2, 0.25) is 0 Å². The normalized spacial score (nSPS) is 22.9. The topological polar surface area (TPSA) is 311 Å². The van der Waals surface area contributed by atoms with E-state index in [0.717, 1.165) is 0 Å². The van der Waals surface area contributed by atoms with Gasteiger partial charge < -0.3 is 70.4 Å². The van der Waals surface area contributed by atoms with E-state index in [0.29, 0.717) is 24.3 Å². The number of rotatable bonds is 2. The highest BCUT2D eigenvalue weighted by Crippen LogP contribution is 2.53. The number of hydrogen-bond donors (Lipinski definition) is 11. The summed E-state index contributed by atoms with van der Waals surface area (Å²) in [6, 6.07) is 2.39. The van der Waals surface area contributed by atoms with Gasteiger partial charge in [-0.2, -0.15) is 0 Å². The van der Waals surface area contributed by atoms with E-state index in [-0.39, 0.29) is 0 Å². The molecule has 0 saturated carbocycles. The van der Waals surface area contributed by atoms with Crippen molar-refractivity contribution in [1.29, 1.82) is 0 Å². The molecule has 3 aromatic rings. The van der Waals surface area contributed by atoms with E-state index in [1.54, 1.807) is 0 Å². The number of phenols is 9. The molecule has 0 bridgehead atoms. The van der Waals surface area contributed by atoms with Gasteiger partial charge in [-0.1, -0.05) is 0 Å². The van der Waals surface area contributed by atoms with Crippen molar-refractivity contribution in [3.05, 3.63) is 41.0 Å². The summed E-state index contributed by atoms with van der Waals surface area (Å²) in [6.07, 6.45) is -11.1. The second-order valence-electron chi connectivity index (χ2n) is 9.43. The number of carbonyl (C=O) groups excluding carboxylic acids is 3. The number of phenolic OH excluding ortho intramolecular Hbond substituents is 9. The van der Waals surface area contributed by atoms with E-state index >= 15 is 0 Å². The van der Waals surface area contributed by atoms with Gasteiger partial charge >= 0.3 is 17.9 Å². The number of benzene rings is 3. The van der Waals surface area contributed by atoms with Crippen LogP contribution in [-0.2, 0) is 18.9 Å². The lowest BCUT2D eigenvalue weighted by Crippen LogP contribution is -2.61. The number of aliphatic hydroxyl groups excluding tert-OH is 2. The highest BCUT2D eigenvalue weighted by Gasteiger charge is 2.51. The van der Waals surface area contributed by atoms with Crippen molar-refractivity contribution >= 4 is 17.9 Å². The van der Waals surface area contributed by atoms with Gasteiger partial charge in [0.1, 0.15) is 12.2 Å². The Hall–Kier alpha value is -5.85. The Balaban J connectivity index is 1.59. The van der Waals surface area contributed by atoms with Crippen LogP contribution >= 0.6 is 0 Å². The second kappa shape index (κ2) is 10.5. The van der Waals surface area contributed by atoms with Gasteiger partial charge in [0.15, 0.2) is 46.4 Å². The first kappa shape index (κ1) is 29.6. The van der Waals surface area contributed by atoms with Crippen molar-refractivity contribution in [3.8, 4) is 62.9 Å². The standard InChI is InChI=1S/C26H20O18/c27-8-1-5(2-9(28)14(8)31)22(38)42-25-20(37)19(36)21-26(44-25)43-24(40)7-4-11(30)16(33)18(35)13(7)12-6(23(39)41-21)3-10(29)15(32)17(12)34/h1-4,19-21,25-37H/t19?,20-,21-,25+,26?/m0/s1. The van der Waals surface area contributed by atoms with Crippen LogP contribution in [0.15, 0.2) is 24.3 Å². The molecule has 1 saturated heterocycles. The first-order chi connectivity index (χ1) is 20.6. The zero-order valence-electron chi connectivity index (χ0n) is 21.5. The Kier molecular flexibility index (Phi) is 7.04. The lowest BCUT2D eigenvalue weighted by molar-refractivity contribution is -0.324. The second-order valence-corrected chi connectivity index (χ2v) is 9.43. The quantitative estimate of drug-likeness (QED) is 0.0991. The van der Waals surface area contributed by atoms with Crippen LogP contribution in [0.5, 0.6) is 51.7 Å². The van der Waals surface area contributed by atoms with Gasteiger partial charge in [0, 0.05) is 11.1 Å². The van der Waals surface area contributed by atoms with Crippen LogP contribution in [0.25, 0.3) is 11.1 Å². The van der Waals surface area contributed by atoms with E-state index in [1.165, 1.54) is 0 Å². The molecule has 232 valence electrons. The molecule has 5 rings (SSSR count). The third-order valence-corrected chi connectivity index (χ3v) is 6.69. The minimum absolute atomic E-state index is 0.525. The van der Waals surface area contributed by atoms with E-state index in [9.17, 15) is 70.6 Å². The fraction of sp³-hybridized carbons (Fsp3) is 0.192. The van der Waals surface area contributed by atoms with Crippen LogP contribution in [0.3, 0.4) is 0 Å². The predicted molar refractivity (Wildman–Crippen MR) is 134 cm³/mol. The molecule has 0 spiro atoms. The van der Waals surface area contributed by atoms with Crippen LogP contribution in [0.4, 0.5) is 0 Å². The monoisotopic (exact) mass is 620 g/mol. The predicted octanol–water partition coefficient (Wildman–Crippen LogP) is -0.339. The highest BCUT2D eigenvalue weighted by atomic mass is 16.8. The summed E-state index contributed by atoms with van der Waals surface area (Å²) in [5.74, 6) is -14.7. The third kappa shape index (κ3) is 4.64. The molecule has 44 heavy (non-hydrogen) atoms. The number of esters is 3. The molecule has 3 aromatic carbocycles. The van der Waals surface area contributed by atoms with Gasteiger partial charge in [-0.25, -0.2) is 14.4 Å². The van der Waals surface area contributed by atoms with E-state index in [1.807, 2.05) is 0 Å². The molecule has 18 heteroatoms. The molecule has 18 nitrogen and oxygen atoms in total. The molecular formula is C26H20O18.